The van der Waals surface area contributed by atoms with Crippen molar-refractivity contribution in [3.8, 4) is 0 Å². The lowest BCUT2D eigenvalue weighted by Gasteiger charge is -2.47. The van der Waals surface area contributed by atoms with Crippen molar-refractivity contribution in [1.82, 2.24) is 0 Å². The van der Waals surface area contributed by atoms with Crippen LogP contribution in [0.5, 0.6) is 0 Å². The van der Waals surface area contributed by atoms with E-state index >= 15 is 0 Å². The zero-order valence-corrected chi connectivity index (χ0v) is 11.4. The van der Waals surface area contributed by atoms with E-state index in [0.29, 0.717) is 6.61 Å². The van der Waals surface area contributed by atoms with Crippen molar-refractivity contribution in [1.29, 1.82) is 0 Å². The van der Waals surface area contributed by atoms with Gasteiger partial charge in [0, 0.05) is 17.5 Å². The first-order valence-corrected chi connectivity index (χ1v) is 6.90. The summed E-state index contributed by atoms with van der Waals surface area (Å²) in [5.74, 6) is 0.267. The van der Waals surface area contributed by atoms with Crippen LogP contribution in [0.25, 0.3) is 0 Å². The molecule has 3 rings (SSSR count). The Morgan fingerprint density at radius 2 is 1.84 bits per heavy atom. The summed E-state index contributed by atoms with van der Waals surface area (Å²) in [5.41, 5.74) is 7.21. The molecule has 3 unspecified atom stereocenters. The van der Waals surface area contributed by atoms with Crippen LogP contribution in [-0.4, -0.2) is 31.0 Å². The van der Waals surface area contributed by atoms with Crippen LogP contribution in [0, 0.1) is 5.92 Å². The van der Waals surface area contributed by atoms with Crippen molar-refractivity contribution in [3.05, 3.63) is 35.9 Å². The molecule has 0 radical (unpaired) electrons. The van der Waals surface area contributed by atoms with Crippen molar-refractivity contribution in [2.75, 3.05) is 6.61 Å². The van der Waals surface area contributed by atoms with Gasteiger partial charge in [-0.2, -0.15) is 0 Å². The third kappa shape index (κ3) is 2.41. The summed E-state index contributed by atoms with van der Waals surface area (Å²) in [6.07, 6.45) is -0.263. The van der Waals surface area contributed by atoms with Crippen LogP contribution in [-0.2, 0) is 14.2 Å². The van der Waals surface area contributed by atoms with E-state index < -0.39 is 0 Å². The maximum atomic E-state index is 6.17. The van der Waals surface area contributed by atoms with Gasteiger partial charge in [-0.05, 0) is 6.92 Å². The molecule has 0 saturated carbocycles. The van der Waals surface area contributed by atoms with Crippen LogP contribution in [0.3, 0.4) is 0 Å². The van der Waals surface area contributed by atoms with Crippen LogP contribution >= 0.6 is 0 Å². The van der Waals surface area contributed by atoms with E-state index in [1.165, 1.54) is 0 Å². The van der Waals surface area contributed by atoms with E-state index in [1.54, 1.807) is 0 Å². The monoisotopic (exact) mass is 263 g/mol. The predicted molar refractivity (Wildman–Crippen MR) is 71.5 cm³/mol. The van der Waals surface area contributed by atoms with Crippen LogP contribution in [0.15, 0.2) is 30.3 Å². The standard InChI is InChI=1S/C15H21NO3/c1-9-13(16)10(2)18-12-8-17-15(19-14(9)12)11-6-4-3-5-7-11/h3-7,9-10,12-15H,8,16H2,1-2H3/t9-,10-,12?,13?,14+,15?/m1/s1. The molecule has 6 atom stereocenters. The van der Waals surface area contributed by atoms with E-state index in [0.717, 1.165) is 5.56 Å². The molecular weight excluding hydrogens is 242 g/mol. The van der Waals surface area contributed by atoms with Crippen molar-refractivity contribution in [2.45, 2.75) is 44.5 Å². The topological polar surface area (TPSA) is 53.7 Å². The third-order valence-electron chi connectivity index (χ3n) is 4.19. The van der Waals surface area contributed by atoms with Gasteiger partial charge < -0.3 is 19.9 Å². The largest absolute Gasteiger partial charge is 0.369 e. The Kier molecular flexibility index (Phi) is 3.58. The van der Waals surface area contributed by atoms with Gasteiger partial charge in [-0.1, -0.05) is 37.3 Å². The second-order valence-corrected chi connectivity index (χ2v) is 5.49. The molecule has 2 aliphatic rings. The molecule has 0 aliphatic carbocycles. The second-order valence-electron chi connectivity index (χ2n) is 5.49. The van der Waals surface area contributed by atoms with Gasteiger partial charge in [-0.3, -0.25) is 0 Å². The number of fused-ring (bicyclic) bond motifs is 1. The summed E-state index contributed by atoms with van der Waals surface area (Å²) in [4.78, 5) is 0. The molecule has 2 heterocycles. The number of benzene rings is 1. The molecule has 2 aliphatic heterocycles. The molecule has 2 saturated heterocycles. The maximum Gasteiger partial charge on any atom is 0.184 e. The Balaban J connectivity index is 1.75. The summed E-state index contributed by atoms with van der Waals surface area (Å²) in [7, 11) is 0. The van der Waals surface area contributed by atoms with Gasteiger partial charge >= 0.3 is 0 Å². The van der Waals surface area contributed by atoms with Crippen molar-refractivity contribution >= 4 is 0 Å². The van der Waals surface area contributed by atoms with Crippen LogP contribution < -0.4 is 5.73 Å². The van der Waals surface area contributed by atoms with Crippen molar-refractivity contribution in [2.24, 2.45) is 11.7 Å². The normalized spacial score (nSPS) is 42.7. The Morgan fingerprint density at radius 3 is 2.58 bits per heavy atom. The second kappa shape index (κ2) is 5.21. The third-order valence-corrected chi connectivity index (χ3v) is 4.19. The molecule has 19 heavy (non-hydrogen) atoms. The smallest absolute Gasteiger partial charge is 0.184 e. The number of hydrogen-bond donors (Lipinski definition) is 1. The molecule has 4 heteroatoms. The fourth-order valence-electron chi connectivity index (χ4n) is 2.92. The number of hydrogen-bond acceptors (Lipinski definition) is 4. The van der Waals surface area contributed by atoms with Gasteiger partial charge in [-0.15, -0.1) is 0 Å². The Labute approximate surface area is 113 Å². The Hall–Kier alpha value is -0.940. The highest BCUT2D eigenvalue weighted by atomic mass is 16.7. The Bertz CT molecular complexity index is 423. The average Bonchev–Trinajstić information content (AvgIpc) is 2.46. The fraction of sp³-hybridized carbons (Fsp3) is 0.600. The number of rotatable bonds is 1. The highest BCUT2D eigenvalue weighted by Crippen LogP contribution is 2.35. The first-order valence-electron chi connectivity index (χ1n) is 6.90. The molecule has 0 spiro atoms. The molecule has 104 valence electrons. The van der Waals surface area contributed by atoms with Gasteiger partial charge in [0.2, 0.25) is 0 Å². The van der Waals surface area contributed by atoms with E-state index in [4.69, 9.17) is 19.9 Å². The number of nitrogens with two attached hydrogens (primary N) is 1. The molecule has 2 fully saturated rings. The van der Waals surface area contributed by atoms with Gasteiger partial charge in [0.1, 0.15) is 6.10 Å². The van der Waals surface area contributed by atoms with Crippen molar-refractivity contribution in [3.63, 3.8) is 0 Å². The van der Waals surface area contributed by atoms with E-state index in [-0.39, 0.29) is 36.6 Å². The molecule has 1 aromatic carbocycles. The van der Waals surface area contributed by atoms with Gasteiger partial charge in [-0.25, -0.2) is 0 Å². The minimum Gasteiger partial charge on any atom is -0.369 e. The molecule has 0 bridgehead atoms. The zero-order chi connectivity index (χ0) is 13.4. The van der Waals surface area contributed by atoms with Gasteiger partial charge in [0.15, 0.2) is 6.29 Å². The van der Waals surface area contributed by atoms with Gasteiger partial charge in [0.05, 0.1) is 18.8 Å². The minimum absolute atomic E-state index is 0.00477. The van der Waals surface area contributed by atoms with E-state index in [2.05, 4.69) is 6.92 Å². The first kappa shape index (κ1) is 13.1. The highest BCUT2D eigenvalue weighted by molar-refractivity contribution is 5.16. The maximum absolute atomic E-state index is 6.17. The minimum atomic E-state index is -0.311. The fourth-order valence-corrected chi connectivity index (χ4v) is 2.92. The van der Waals surface area contributed by atoms with Crippen LogP contribution in [0.4, 0.5) is 0 Å². The summed E-state index contributed by atoms with van der Waals surface area (Å²) in [5, 5.41) is 0. The van der Waals surface area contributed by atoms with Gasteiger partial charge in [0.25, 0.3) is 0 Å². The molecule has 1 aromatic rings. The lowest BCUT2D eigenvalue weighted by molar-refractivity contribution is -0.301. The quantitative estimate of drug-likeness (QED) is 0.840. The molecule has 2 N–H and O–H groups in total. The molecule has 0 aromatic heterocycles. The summed E-state index contributed by atoms with van der Waals surface area (Å²) >= 11 is 0. The van der Waals surface area contributed by atoms with E-state index in [1.807, 2.05) is 37.3 Å². The molecular formula is C15H21NO3. The Morgan fingerprint density at radius 1 is 1.11 bits per heavy atom. The zero-order valence-electron chi connectivity index (χ0n) is 11.4. The highest BCUT2D eigenvalue weighted by Gasteiger charge is 2.45. The summed E-state index contributed by atoms with van der Waals surface area (Å²) in [6, 6.07) is 10.0. The lowest BCUT2D eigenvalue weighted by atomic mass is 9.86. The molecule has 4 nitrogen and oxygen atoms in total. The lowest BCUT2D eigenvalue weighted by Crippen LogP contribution is -2.59. The summed E-state index contributed by atoms with van der Waals surface area (Å²) in [6.45, 7) is 4.71. The molecule has 0 amide bonds. The number of ether oxygens (including phenoxy) is 3. The summed E-state index contributed by atoms with van der Waals surface area (Å²) < 4.78 is 17.7. The predicted octanol–water partition coefficient (Wildman–Crippen LogP) is 1.85. The van der Waals surface area contributed by atoms with E-state index in [9.17, 15) is 0 Å². The average molecular weight is 263 g/mol. The first-order chi connectivity index (χ1) is 9.16. The van der Waals surface area contributed by atoms with Crippen molar-refractivity contribution < 1.29 is 14.2 Å². The van der Waals surface area contributed by atoms with Crippen LogP contribution in [0.1, 0.15) is 25.7 Å². The van der Waals surface area contributed by atoms with Crippen LogP contribution in [0.2, 0.25) is 0 Å². The SMILES string of the molecule is C[C@@H]1C(N)[C@@H](C)OC2COC(c3ccccc3)O[C@H]21.